The maximum Gasteiger partial charge on any atom is 0.331 e. The standard InChI is InChI=1S/C18H21BrO4/c1-21-15-8-7-13(17(19)18(15)22-2)10-23-16(20)9-14(11-3-4-11)12-5-6-12/h7-9,11-12H,3-6,10H2,1-2H3. The molecular weight excluding hydrogens is 360 g/mol. The molecular formula is C18H21BrO4. The minimum Gasteiger partial charge on any atom is -0.493 e. The zero-order chi connectivity index (χ0) is 16.4. The fourth-order valence-corrected chi connectivity index (χ4v) is 3.37. The Labute approximate surface area is 144 Å². The molecule has 3 rings (SSSR count). The van der Waals surface area contributed by atoms with Crippen LogP contribution in [-0.2, 0) is 16.1 Å². The topological polar surface area (TPSA) is 44.8 Å². The van der Waals surface area contributed by atoms with Gasteiger partial charge in [-0.25, -0.2) is 4.79 Å². The van der Waals surface area contributed by atoms with Gasteiger partial charge in [-0.3, -0.25) is 0 Å². The number of hydrogen-bond donors (Lipinski definition) is 0. The van der Waals surface area contributed by atoms with Crippen molar-refractivity contribution >= 4 is 21.9 Å². The van der Waals surface area contributed by atoms with Crippen LogP contribution in [0.25, 0.3) is 0 Å². The quantitative estimate of drug-likeness (QED) is 0.523. The van der Waals surface area contributed by atoms with Crippen LogP contribution >= 0.6 is 15.9 Å². The van der Waals surface area contributed by atoms with Crippen molar-refractivity contribution in [3.05, 3.63) is 33.8 Å². The summed E-state index contributed by atoms with van der Waals surface area (Å²) in [5.74, 6) is 2.25. The molecule has 1 aromatic carbocycles. The van der Waals surface area contributed by atoms with E-state index < -0.39 is 0 Å². The molecule has 0 atom stereocenters. The Hall–Kier alpha value is -1.49. The van der Waals surface area contributed by atoms with Gasteiger partial charge in [0.25, 0.3) is 0 Å². The molecule has 124 valence electrons. The van der Waals surface area contributed by atoms with Crippen LogP contribution in [0.1, 0.15) is 31.2 Å². The van der Waals surface area contributed by atoms with Crippen LogP contribution in [0, 0.1) is 11.8 Å². The highest BCUT2D eigenvalue weighted by molar-refractivity contribution is 9.10. The molecule has 0 radical (unpaired) electrons. The summed E-state index contributed by atoms with van der Waals surface area (Å²) in [6.07, 6.45) is 6.60. The van der Waals surface area contributed by atoms with E-state index in [9.17, 15) is 4.79 Å². The first-order valence-corrected chi connectivity index (χ1v) is 8.71. The van der Waals surface area contributed by atoms with E-state index in [1.165, 1.54) is 31.3 Å². The van der Waals surface area contributed by atoms with Gasteiger partial charge >= 0.3 is 5.97 Å². The predicted molar refractivity (Wildman–Crippen MR) is 90.6 cm³/mol. The number of halogens is 1. The van der Waals surface area contributed by atoms with Crippen molar-refractivity contribution in [3.8, 4) is 11.5 Å². The third kappa shape index (κ3) is 3.89. The number of benzene rings is 1. The molecule has 0 bridgehead atoms. The van der Waals surface area contributed by atoms with Crippen molar-refractivity contribution in [3.63, 3.8) is 0 Å². The highest BCUT2D eigenvalue weighted by atomic mass is 79.9. The van der Waals surface area contributed by atoms with E-state index in [2.05, 4.69) is 15.9 Å². The van der Waals surface area contributed by atoms with Crippen LogP contribution in [0.2, 0.25) is 0 Å². The van der Waals surface area contributed by atoms with Crippen molar-refractivity contribution in [1.82, 2.24) is 0 Å². The number of rotatable bonds is 7. The van der Waals surface area contributed by atoms with Crippen molar-refractivity contribution in [2.45, 2.75) is 32.3 Å². The minimum absolute atomic E-state index is 0.207. The Morgan fingerprint density at radius 3 is 2.35 bits per heavy atom. The van der Waals surface area contributed by atoms with Crippen LogP contribution in [0.4, 0.5) is 0 Å². The summed E-state index contributed by atoms with van der Waals surface area (Å²) in [7, 11) is 3.17. The zero-order valence-corrected chi connectivity index (χ0v) is 15.0. The van der Waals surface area contributed by atoms with Gasteiger partial charge in [-0.1, -0.05) is 11.6 Å². The van der Waals surface area contributed by atoms with Gasteiger partial charge in [0.2, 0.25) is 0 Å². The van der Waals surface area contributed by atoms with Gasteiger partial charge in [0, 0.05) is 11.6 Å². The number of carbonyl (C=O) groups excluding carboxylic acids is 1. The number of carbonyl (C=O) groups is 1. The van der Waals surface area contributed by atoms with Gasteiger partial charge in [-0.15, -0.1) is 0 Å². The van der Waals surface area contributed by atoms with E-state index in [0.717, 1.165) is 10.0 Å². The van der Waals surface area contributed by atoms with Gasteiger partial charge < -0.3 is 14.2 Å². The molecule has 2 aliphatic rings. The van der Waals surface area contributed by atoms with E-state index >= 15 is 0 Å². The number of allylic oxidation sites excluding steroid dienone is 1. The minimum atomic E-state index is -0.250. The van der Waals surface area contributed by atoms with E-state index in [0.29, 0.717) is 23.3 Å². The van der Waals surface area contributed by atoms with Gasteiger partial charge in [-0.05, 0) is 59.5 Å². The number of ether oxygens (including phenoxy) is 3. The average Bonchev–Trinajstić information content (AvgIpc) is 3.44. The lowest BCUT2D eigenvalue weighted by molar-refractivity contribution is -0.139. The summed E-state index contributed by atoms with van der Waals surface area (Å²) < 4.78 is 16.8. The van der Waals surface area contributed by atoms with Crippen LogP contribution in [0.3, 0.4) is 0 Å². The Bertz CT molecular complexity index is 616. The molecule has 1 aromatic rings. The highest BCUT2D eigenvalue weighted by Gasteiger charge is 2.36. The first kappa shape index (κ1) is 16.4. The molecule has 2 saturated carbocycles. The molecule has 4 nitrogen and oxygen atoms in total. The SMILES string of the molecule is COc1ccc(COC(=O)C=C(C2CC2)C2CC2)c(Br)c1OC. The normalized spacial score (nSPS) is 16.7. The largest absolute Gasteiger partial charge is 0.493 e. The summed E-state index contributed by atoms with van der Waals surface area (Å²) in [5.41, 5.74) is 2.16. The lowest BCUT2D eigenvalue weighted by atomic mass is 10.1. The van der Waals surface area contributed by atoms with E-state index in [1.54, 1.807) is 20.3 Å². The summed E-state index contributed by atoms with van der Waals surface area (Å²) in [6, 6.07) is 3.67. The molecule has 0 saturated heterocycles. The van der Waals surface area contributed by atoms with Crippen LogP contribution in [0.5, 0.6) is 11.5 Å². The van der Waals surface area contributed by atoms with Gasteiger partial charge in [0.15, 0.2) is 11.5 Å². The molecule has 0 aromatic heterocycles. The summed E-state index contributed by atoms with van der Waals surface area (Å²) >= 11 is 3.49. The Kier molecular flexibility index (Phi) is 4.95. The molecule has 23 heavy (non-hydrogen) atoms. The molecule has 0 amide bonds. The monoisotopic (exact) mass is 380 g/mol. The van der Waals surface area contributed by atoms with E-state index in [4.69, 9.17) is 14.2 Å². The number of hydrogen-bond acceptors (Lipinski definition) is 4. The second-order valence-corrected chi connectivity index (χ2v) is 6.87. The maximum atomic E-state index is 12.1. The Balaban J connectivity index is 1.66. The summed E-state index contributed by atoms with van der Waals surface area (Å²) in [5, 5.41) is 0. The zero-order valence-electron chi connectivity index (χ0n) is 13.4. The highest BCUT2D eigenvalue weighted by Crippen LogP contribution is 2.48. The number of methoxy groups -OCH3 is 2. The smallest absolute Gasteiger partial charge is 0.331 e. The van der Waals surface area contributed by atoms with Crippen molar-refractivity contribution in [2.24, 2.45) is 11.8 Å². The fourth-order valence-electron chi connectivity index (χ4n) is 2.77. The molecule has 2 fully saturated rings. The molecule has 0 N–H and O–H groups in total. The summed E-state index contributed by atoms with van der Waals surface area (Å²) in [4.78, 5) is 12.1. The maximum absolute atomic E-state index is 12.1. The van der Waals surface area contributed by atoms with Crippen LogP contribution in [-0.4, -0.2) is 20.2 Å². The fraction of sp³-hybridized carbons (Fsp3) is 0.500. The number of esters is 1. The van der Waals surface area contributed by atoms with E-state index in [-0.39, 0.29) is 12.6 Å². The third-order valence-corrected chi connectivity index (χ3v) is 5.19. The summed E-state index contributed by atoms with van der Waals surface area (Å²) in [6.45, 7) is 0.207. The molecule has 0 heterocycles. The lowest BCUT2D eigenvalue weighted by Gasteiger charge is -2.13. The predicted octanol–water partition coefficient (Wildman–Crippen LogP) is 4.26. The molecule has 0 spiro atoms. The van der Waals surface area contributed by atoms with Crippen LogP contribution < -0.4 is 9.47 Å². The van der Waals surface area contributed by atoms with Gasteiger partial charge in [0.1, 0.15) is 6.61 Å². The first-order valence-electron chi connectivity index (χ1n) is 7.91. The average molecular weight is 381 g/mol. The molecule has 2 aliphatic carbocycles. The Morgan fingerprint density at radius 1 is 1.17 bits per heavy atom. The molecule has 0 unspecified atom stereocenters. The second kappa shape index (κ2) is 6.95. The van der Waals surface area contributed by atoms with Gasteiger partial charge in [0.05, 0.1) is 18.7 Å². The van der Waals surface area contributed by atoms with E-state index in [1.807, 2.05) is 12.1 Å². The van der Waals surface area contributed by atoms with Crippen molar-refractivity contribution in [2.75, 3.05) is 14.2 Å². The third-order valence-electron chi connectivity index (χ3n) is 4.32. The van der Waals surface area contributed by atoms with Crippen LogP contribution in [0.15, 0.2) is 28.3 Å². The molecule has 5 heteroatoms. The second-order valence-electron chi connectivity index (χ2n) is 6.07. The Morgan fingerprint density at radius 2 is 1.83 bits per heavy atom. The lowest BCUT2D eigenvalue weighted by Crippen LogP contribution is -2.05. The van der Waals surface area contributed by atoms with Crippen molar-refractivity contribution in [1.29, 1.82) is 0 Å². The van der Waals surface area contributed by atoms with Crippen molar-refractivity contribution < 1.29 is 19.0 Å². The van der Waals surface area contributed by atoms with Gasteiger partial charge in [-0.2, -0.15) is 0 Å². The first-order chi connectivity index (χ1) is 11.1. The molecule has 0 aliphatic heterocycles.